The van der Waals surface area contributed by atoms with Gasteiger partial charge in [-0.05, 0) is 31.0 Å². The first-order chi connectivity index (χ1) is 7.76. The number of aliphatic hydroxyl groups is 1. The maximum atomic E-state index is 13.4. The van der Waals surface area contributed by atoms with Crippen LogP contribution in [0.5, 0.6) is 0 Å². The lowest BCUT2D eigenvalue weighted by Gasteiger charge is -2.25. The summed E-state index contributed by atoms with van der Waals surface area (Å²) in [5, 5.41) is 17.8. The largest absolute Gasteiger partial charge is 0.394 e. The van der Waals surface area contributed by atoms with Gasteiger partial charge in [-0.2, -0.15) is 5.26 Å². The van der Waals surface area contributed by atoms with E-state index in [9.17, 15) is 9.50 Å². The van der Waals surface area contributed by atoms with Crippen LogP contribution in [0.25, 0.3) is 0 Å². The molecule has 0 amide bonds. The van der Waals surface area contributed by atoms with Crippen LogP contribution in [-0.2, 0) is 0 Å². The summed E-state index contributed by atoms with van der Waals surface area (Å²) in [5.74, 6) is -0.497. The summed E-state index contributed by atoms with van der Waals surface area (Å²) >= 11 is 0. The minimum atomic E-state index is -0.497. The van der Waals surface area contributed by atoms with Gasteiger partial charge in [0.15, 0.2) is 0 Å². The standard InChI is InChI=1S/C12H13FN2O/c13-12-6-10(4-3-9(12)7-14)15-5-1-2-11(15)8-16/h3-4,6,11,16H,1-2,5,8H2/t11-/m1/s1. The Morgan fingerprint density at radius 1 is 1.56 bits per heavy atom. The molecule has 1 saturated heterocycles. The van der Waals surface area contributed by atoms with Gasteiger partial charge in [0.2, 0.25) is 0 Å². The average molecular weight is 220 g/mol. The van der Waals surface area contributed by atoms with E-state index < -0.39 is 5.82 Å². The molecule has 0 radical (unpaired) electrons. The second-order valence-corrected chi connectivity index (χ2v) is 3.95. The molecule has 0 unspecified atom stereocenters. The van der Waals surface area contributed by atoms with E-state index in [2.05, 4.69) is 0 Å². The normalized spacial score (nSPS) is 19.8. The fourth-order valence-corrected chi connectivity index (χ4v) is 2.14. The van der Waals surface area contributed by atoms with Gasteiger partial charge in [0, 0.05) is 12.2 Å². The van der Waals surface area contributed by atoms with Crippen molar-refractivity contribution in [1.82, 2.24) is 0 Å². The molecule has 1 heterocycles. The Hall–Kier alpha value is -1.60. The molecule has 0 saturated carbocycles. The van der Waals surface area contributed by atoms with Crippen LogP contribution < -0.4 is 4.90 Å². The molecule has 0 bridgehead atoms. The number of rotatable bonds is 2. The molecule has 2 rings (SSSR count). The van der Waals surface area contributed by atoms with Gasteiger partial charge in [-0.15, -0.1) is 0 Å². The highest BCUT2D eigenvalue weighted by Gasteiger charge is 2.24. The van der Waals surface area contributed by atoms with Crippen molar-refractivity contribution in [3.63, 3.8) is 0 Å². The molecule has 1 aliphatic rings. The van der Waals surface area contributed by atoms with E-state index in [1.165, 1.54) is 12.1 Å². The molecule has 1 atom stereocenters. The van der Waals surface area contributed by atoms with Crippen LogP contribution in [0.3, 0.4) is 0 Å². The van der Waals surface area contributed by atoms with Gasteiger partial charge in [-0.3, -0.25) is 0 Å². The van der Waals surface area contributed by atoms with Gasteiger partial charge in [-0.1, -0.05) is 0 Å². The summed E-state index contributed by atoms with van der Waals surface area (Å²) in [5.41, 5.74) is 0.802. The van der Waals surface area contributed by atoms with Crippen molar-refractivity contribution in [2.24, 2.45) is 0 Å². The molecule has 1 aliphatic heterocycles. The molecule has 16 heavy (non-hydrogen) atoms. The molecule has 3 nitrogen and oxygen atoms in total. The van der Waals surface area contributed by atoms with Gasteiger partial charge in [0.05, 0.1) is 18.2 Å². The van der Waals surface area contributed by atoms with E-state index in [4.69, 9.17) is 5.26 Å². The van der Waals surface area contributed by atoms with Crippen LogP contribution in [0.15, 0.2) is 18.2 Å². The Balaban J connectivity index is 2.28. The number of benzene rings is 1. The highest BCUT2D eigenvalue weighted by Crippen LogP contribution is 2.26. The predicted octanol–water partition coefficient (Wildman–Crippen LogP) is 1.66. The Morgan fingerprint density at radius 2 is 2.38 bits per heavy atom. The lowest BCUT2D eigenvalue weighted by molar-refractivity contribution is 0.266. The van der Waals surface area contributed by atoms with Crippen molar-refractivity contribution in [3.8, 4) is 6.07 Å². The summed E-state index contributed by atoms with van der Waals surface area (Å²) in [7, 11) is 0. The number of aliphatic hydroxyl groups excluding tert-OH is 1. The van der Waals surface area contributed by atoms with Crippen molar-refractivity contribution in [2.75, 3.05) is 18.1 Å². The first-order valence-electron chi connectivity index (χ1n) is 5.33. The predicted molar refractivity (Wildman–Crippen MR) is 58.6 cm³/mol. The van der Waals surface area contributed by atoms with Crippen LogP contribution in [0.1, 0.15) is 18.4 Å². The first kappa shape index (κ1) is 10.9. The number of nitriles is 1. The maximum Gasteiger partial charge on any atom is 0.143 e. The molecular weight excluding hydrogens is 207 g/mol. The topological polar surface area (TPSA) is 47.3 Å². The third-order valence-electron chi connectivity index (χ3n) is 2.99. The fourth-order valence-electron chi connectivity index (χ4n) is 2.14. The summed E-state index contributed by atoms with van der Waals surface area (Å²) in [6.07, 6.45) is 1.94. The Kier molecular flexibility index (Phi) is 3.07. The minimum Gasteiger partial charge on any atom is -0.394 e. The van der Waals surface area contributed by atoms with Crippen molar-refractivity contribution < 1.29 is 9.50 Å². The lowest BCUT2D eigenvalue weighted by Crippen LogP contribution is -2.32. The second-order valence-electron chi connectivity index (χ2n) is 3.95. The molecule has 0 aliphatic carbocycles. The molecule has 0 spiro atoms. The molecule has 1 aromatic rings. The number of nitrogens with zero attached hydrogens (tertiary/aromatic N) is 2. The van der Waals surface area contributed by atoms with Crippen molar-refractivity contribution in [1.29, 1.82) is 5.26 Å². The smallest absolute Gasteiger partial charge is 0.143 e. The van der Waals surface area contributed by atoms with E-state index >= 15 is 0 Å². The van der Waals surface area contributed by atoms with Gasteiger partial charge in [-0.25, -0.2) is 4.39 Å². The molecule has 1 N–H and O–H groups in total. The zero-order valence-electron chi connectivity index (χ0n) is 8.86. The minimum absolute atomic E-state index is 0.0588. The summed E-state index contributed by atoms with van der Waals surface area (Å²) in [6.45, 7) is 0.915. The summed E-state index contributed by atoms with van der Waals surface area (Å²) in [4.78, 5) is 1.99. The maximum absolute atomic E-state index is 13.4. The van der Waals surface area contributed by atoms with Gasteiger partial charge in [0.25, 0.3) is 0 Å². The van der Waals surface area contributed by atoms with Gasteiger partial charge >= 0.3 is 0 Å². The van der Waals surface area contributed by atoms with Crippen LogP contribution in [0.2, 0.25) is 0 Å². The number of halogens is 1. The van der Waals surface area contributed by atoms with Gasteiger partial charge < -0.3 is 10.0 Å². The fraction of sp³-hybridized carbons (Fsp3) is 0.417. The third kappa shape index (κ3) is 1.86. The lowest BCUT2D eigenvalue weighted by atomic mass is 10.1. The van der Waals surface area contributed by atoms with Crippen molar-refractivity contribution in [3.05, 3.63) is 29.6 Å². The SMILES string of the molecule is N#Cc1ccc(N2CCC[C@@H]2CO)cc1F. The quantitative estimate of drug-likeness (QED) is 0.824. The number of hydrogen-bond acceptors (Lipinski definition) is 3. The van der Waals surface area contributed by atoms with Crippen LogP contribution >= 0.6 is 0 Å². The second kappa shape index (κ2) is 4.50. The average Bonchev–Trinajstić information content (AvgIpc) is 2.77. The third-order valence-corrected chi connectivity index (χ3v) is 2.99. The number of hydrogen-bond donors (Lipinski definition) is 1. The summed E-state index contributed by atoms with van der Waals surface area (Å²) < 4.78 is 13.4. The molecule has 84 valence electrons. The number of anilines is 1. The van der Waals surface area contributed by atoms with Crippen LogP contribution in [-0.4, -0.2) is 24.3 Å². The van der Waals surface area contributed by atoms with E-state index in [0.717, 1.165) is 25.1 Å². The van der Waals surface area contributed by atoms with Crippen LogP contribution in [0.4, 0.5) is 10.1 Å². The summed E-state index contributed by atoms with van der Waals surface area (Å²) in [6, 6.07) is 6.45. The highest BCUT2D eigenvalue weighted by atomic mass is 19.1. The van der Waals surface area contributed by atoms with E-state index in [1.54, 1.807) is 12.1 Å². The molecular formula is C12H13FN2O. The Labute approximate surface area is 93.7 Å². The zero-order chi connectivity index (χ0) is 11.5. The zero-order valence-corrected chi connectivity index (χ0v) is 8.86. The molecule has 1 fully saturated rings. The monoisotopic (exact) mass is 220 g/mol. The van der Waals surface area contributed by atoms with Crippen LogP contribution in [0, 0.1) is 17.1 Å². The first-order valence-corrected chi connectivity index (χ1v) is 5.33. The van der Waals surface area contributed by atoms with E-state index in [0.29, 0.717) is 0 Å². The Bertz CT molecular complexity index is 428. The van der Waals surface area contributed by atoms with E-state index in [1.807, 2.05) is 4.90 Å². The van der Waals surface area contributed by atoms with E-state index in [-0.39, 0.29) is 18.2 Å². The molecule has 4 heteroatoms. The Morgan fingerprint density at radius 3 is 3.00 bits per heavy atom. The van der Waals surface area contributed by atoms with Gasteiger partial charge in [0.1, 0.15) is 11.9 Å². The molecule has 1 aromatic carbocycles. The van der Waals surface area contributed by atoms with Crippen molar-refractivity contribution in [2.45, 2.75) is 18.9 Å². The highest BCUT2D eigenvalue weighted by molar-refractivity contribution is 5.52. The molecule has 0 aromatic heterocycles. The van der Waals surface area contributed by atoms with Crippen molar-refractivity contribution >= 4 is 5.69 Å².